The van der Waals surface area contributed by atoms with E-state index in [9.17, 15) is 23.7 Å². The number of thiazole rings is 1. The molecule has 0 amide bonds. The van der Waals surface area contributed by atoms with Gasteiger partial charge in [-0.3, -0.25) is 4.98 Å². The Morgan fingerprint density at radius 2 is 1.87 bits per heavy atom. The number of aryl methyl sites for hydroxylation is 2. The zero-order valence-corrected chi connectivity index (χ0v) is 23.9. The molecule has 0 radical (unpaired) electrons. The number of nitrogens with one attached hydrogen (secondary N) is 2. The lowest BCUT2D eigenvalue weighted by atomic mass is 9.88. The van der Waals surface area contributed by atoms with Gasteiger partial charge in [0, 0.05) is 32.3 Å². The predicted octanol–water partition coefficient (Wildman–Crippen LogP) is 1.36. The van der Waals surface area contributed by atoms with Crippen molar-refractivity contribution < 1.29 is 23.7 Å². The number of hydrogen-bond acceptors (Lipinski definition) is 12. The number of likely N-dealkylation sites (N-methyl/N-ethyl adjacent to an activating group) is 1. The van der Waals surface area contributed by atoms with E-state index in [4.69, 9.17) is 4.98 Å². The first-order valence-corrected chi connectivity index (χ1v) is 14.9. The van der Waals surface area contributed by atoms with Gasteiger partial charge in [-0.2, -0.15) is 4.98 Å². The molecule has 0 bridgehead atoms. The Hall–Kier alpha value is -2.49. The quantitative estimate of drug-likeness (QED) is 0.253. The topological polar surface area (TPSA) is 174 Å². The highest BCUT2D eigenvalue weighted by Crippen LogP contribution is 2.40. The van der Waals surface area contributed by atoms with Crippen molar-refractivity contribution in [3.63, 3.8) is 0 Å². The second-order valence-corrected chi connectivity index (χ2v) is 13.5. The molecule has 12 nitrogen and oxygen atoms in total. The predicted molar refractivity (Wildman–Crippen MR) is 148 cm³/mol. The molecule has 0 saturated heterocycles. The first kappa shape index (κ1) is 28.5. The number of sulfonamides is 1. The van der Waals surface area contributed by atoms with Crippen molar-refractivity contribution in [3.8, 4) is 10.6 Å². The summed E-state index contributed by atoms with van der Waals surface area (Å²) in [6.07, 6.45) is 0.951. The summed E-state index contributed by atoms with van der Waals surface area (Å²) >= 11 is 1.47. The fraction of sp³-hybridized carbons (Fsp3) is 0.583. The van der Waals surface area contributed by atoms with Gasteiger partial charge in [0.25, 0.3) is 0 Å². The van der Waals surface area contributed by atoms with E-state index in [1.54, 1.807) is 20.0 Å². The zero-order valence-electron chi connectivity index (χ0n) is 22.3. The third kappa shape index (κ3) is 5.90. The van der Waals surface area contributed by atoms with Crippen LogP contribution in [0.5, 0.6) is 0 Å². The minimum atomic E-state index is -3.32. The molecule has 5 N–H and O–H groups in total. The Kier molecular flexibility index (Phi) is 7.94. The van der Waals surface area contributed by atoms with Gasteiger partial charge in [0.2, 0.25) is 16.0 Å². The maximum atomic E-state index is 11.7. The van der Waals surface area contributed by atoms with Crippen LogP contribution in [0.1, 0.15) is 31.7 Å². The highest BCUT2D eigenvalue weighted by Gasteiger charge is 2.48. The number of pyridine rings is 1. The Balaban J connectivity index is 1.70. The molecule has 1 aliphatic rings. The molecule has 0 aromatic carbocycles. The monoisotopic (exact) mass is 565 g/mol. The highest BCUT2D eigenvalue weighted by atomic mass is 32.2. The third-order valence-corrected chi connectivity index (χ3v) is 9.33. The summed E-state index contributed by atoms with van der Waals surface area (Å²) in [5, 5.41) is 39.0. The van der Waals surface area contributed by atoms with Crippen molar-refractivity contribution in [2.24, 2.45) is 5.92 Å². The summed E-state index contributed by atoms with van der Waals surface area (Å²) in [5.74, 6) is 0.150. The molecule has 3 aromatic rings. The number of rotatable bonds is 9. The molecule has 1 saturated carbocycles. The first-order valence-electron chi connectivity index (χ1n) is 12.3. The lowest BCUT2D eigenvalue weighted by Crippen LogP contribution is -2.40. The molecule has 3 heterocycles. The van der Waals surface area contributed by atoms with Crippen LogP contribution in [-0.4, -0.2) is 98.2 Å². The van der Waals surface area contributed by atoms with Crippen LogP contribution in [0.2, 0.25) is 0 Å². The Morgan fingerprint density at radius 3 is 2.47 bits per heavy atom. The second kappa shape index (κ2) is 10.6. The number of anilines is 2. The van der Waals surface area contributed by atoms with Crippen LogP contribution in [0, 0.1) is 19.8 Å². The van der Waals surface area contributed by atoms with Gasteiger partial charge in [-0.15, -0.1) is 11.3 Å². The maximum absolute atomic E-state index is 11.7. The molecule has 14 heteroatoms. The smallest absolute Gasteiger partial charge is 0.224 e. The molecule has 1 fully saturated rings. The van der Waals surface area contributed by atoms with Crippen molar-refractivity contribution in [1.82, 2.24) is 24.2 Å². The Labute approximate surface area is 226 Å². The fourth-order valence-corrected chi connectivity index (χ4v) is 6.18. The lowest BCUT2D eigenvalue weighted by Gasteiger charge is -2.28. The molecule has 0 aliphatic heterocycles. The normalized spacial score (nSPS) is 22.4. The summed E-state index contributed by atoms with van der Waals surface area (Å²) in [5.41, 5.74) is 1.67. The van der Waals surface area contributed by atoms with Gasteiger partial charge in [0.15, 0.2) is 0 Å². The van der Waals surface area contributed by atoms with Crippen molar-refractivity contribution in [2.45, 2.75) is 58.0 Å². The van der Waals surface area contributed by atoms with E-state index < -0.39 is 39.8 Å². The lowest BCUT2D eigenvalue weighted by molar-refractivity contribution is -0.0601. The van der Waals surface area contributed by atoms with Gasteiger partial charge < -0.3 is 26.0 Å². The molecule has 3 aromatic heterocycles. The minimum absolute atomic E-state index is 0.219. The van der Waals surface area contributed by atoms with Gasteiger partial charge in [-0.05, 0) is 40.2 Å². The SMILES string of the molecule is Cc1nc(NCCN(C)S(C)(=O)=O)nc(NC2CC(C(C)(C)O)C(O)C2O)c1-c1nc2c(C)nccc2s1. The van der Waals surface area contributed by atoms with E-state index in [0.717, 1.165) is 22.2 Å². The van der Waals surface area contributed by atoms with E-state index in [2.05, 4.69) is 25.6 Å². The number of fused-ring (bicyclic) bond motifs is 1. The summed E-state index contributed by atoms with van der Waals surface area (Å²) in [6.45, 7) is 7.44. The van der Waals surface area contributed by atoms with Gasteiger partial charge in [0.05, 0.1) is 45.7 Å². The van der Waals surface area contributed by atoms with Crippen molar-refractivity contribution in [2.75, 3.05) is 37.0 Å². The van der Waals surface area contributed by atoms with Gasteiger partial charge >= 0.3 is 0 Å². The standard InChI is InChI=1S/C24H35N7O5S2/c1-12-17(22-29-18-13(2)25-8-7-16(18)37-22)21(28-15-11-14(24(3,4)34)19(32)20(15)33)30-23(27-12)26-9-10-31(5)38(6,35)36/h7-8,14-15,19-20,32-34H,9-11H2,1-6H3,(H2,26,27,28,30). The molecular formula is C24H35N7O5S2. The van der Waals surface area contributed by atoms with Crippen LogP contribution < -0.4 is 10.6 Å². The van der Waals surface area contributed by atoms with Crippen LogP contribution in [0.3, 0.4) is 0 Å². The molecule has 1 aliphatic carbocycles. The fourth-order valence-electron chi connectivity index (χ4n) is 4.65. The van der Waals surface area contributed by atoms with Crippen LogP contribution in [0.4, 0.5) is 11.8 Å². The third-order valence-electron chi connectivity index (χ3n) is 6.98. The van der Waals surface area contributed by atoms with Gasteiger partial charge in [0.1, 0.15) is 22.4 Å². The van der Waals surface area contributed by atoms with Crippen molar-refractivity contribution in [3.05, 3.63) is 23.7 Å². The summed E-state index contributed by atoms with van der Waals surface area (Å²) < 4.78 is 25.6. The summed E-state index contributed by atoms with van der Waals surface area (Å²) in [7, 11) is -1.83. The van der Waals surface area contributed by atoms with E-state index in [1.807, 2.05) is 19.9 Å². The van der Waals surface area contributed by atoms with E-state index in [-0.39, 0.29) is 19.0 Å². The van der Waals surface area contributed by atoms with Crippen LogP contribution in [-0.2, 0) is 10.0 Å². The molecule has 4 rings (SSSR count). The molecule has 4 atom stereocenters. The van der Waals surface area contributed by atoms with Crippen molar-refractivity contribution >= 4 is 43.3 Å². The number of aliphatic hydroxyl groups excluding tert-OH is 2. The zero-order chi connectivity index (χ0) is 28.0. The number of aromatic nitrogens is 4. The van der Waals surface area contributed by atoms with Crippen LogP contribution in [0.25, 0.3) is 20.8 Å². The minimum Gasteiger partial charge on any atom is -0.390 e. The number of nitrogens with zero attached hydrogens (tertiary/aromatic N) is 5. The van der Waals surface area contributed by atoms with Gasteiger partial charge in [-0.1, -0.05) is 0 Å². The molecular weight excluding hydrogens is 530 g/mol. The number of aliphatic hydroxyl groups is 3. The maximum Gasteiger partial charge on any atom is 0.224 e. The summed E-state index contributed by atoms with van der Waals surface area (Å²) in [6, 6.07) is 1.31. The summed E-state index contributed by atoms with van der Waals surface area (Å²) in [4.78, 5) is 18.4. The van der Waals surface area contributed by atoms with E-state index in [1.165, 1.54) is 22.7 Å². The number of hydrogen-bond donors (Lipinski definition) is 5. The molecule has 0 spiro atoms. The van der Waals surface area contributed by atoms with Crippen LogP contribution in [0.15, 0.2) is 12.3 Å². The van der Waals surface area contributed by atoms with E-state index >= 15 is 0 Å². The van der Waals surface area contributed by atoms with Gasteiger partial charge in [-0.25, -0.2) is 22.7 Å². The largest absolute Gasteiger partial charge is 0.390 e. The van der Waals surface area contributed by atoms with Crippen molar-refractivity contribution in [1.29, 1.82) is 0 Å². The van der Waals surface area contributed by atoms with Crippen LogP contribution >= 0.6 is 11.3 Å². The average Bonchev–Trinajstić information content (AvgIpc) is 3.35. The Morgan fingerprint density at radius 1 is 1.16 bits per heavy atom. The molecule has 38 heavy (non-hydrogen) atoms. The Bertz CT molecular complexity index is 1420. The first-order chi connectivity index (χ1) is 17.7. The average molecular weight is 566 g/mol. The highest BCUT2D eigenvalue weighted by molar-refractivity contribution is 7.88. The second-order valence-electron chi connectivity index (χ2n) is 10.4. The molecule has 208 valence electrons. The van der Waals surface area contributed by atoms with E-state index in [0.29, 0.717) is 28.5 Å². The molecule has 4 unspecified atom stereocenters.